The Labute approximate surface area is 123 Å². The highest BCUT2D eigenvalue weighted by Crippen LogP contribution is 2.04. The van der Waals surface area contributed by atoms with Gasteiger partial charge < -0.3 is 15.4 Å². The van der Waals surface area contributed by atoms with Crippen molar-refractivity contribution in [1.82, 2.24) is 10.6 Å². The largest absolute Gasteiger partial charge is 0.377 e. The highest BCUT2D eigenvalue weighted by molar-refractivity contribution is 14.0. The Morgan fingerprint density at radius 2 is 1.88 bits per heavy atom. The van der Waals surface area contributed by atoms with E-state index in [2.05, 4.69) is 29.5 Å². The van der Waals surface area contributed by atoms with Crippen molar-refractivity contribution in [3.63, 3.8) is 0 Å². The van der Waals surface area contributed by atoms with Crippen molar-refractivity contribution < 1.29 is 4.74 Å². The molecule has 0 spiro atoms. The van der Waals surface area contributed by atoms with Crippen molar-refractivity contribution >= 4 is 29.9 Å². The minimum Gasteiger partial charge on any atom is -0.377 e. The van der Waals surface area contributed by atoms with Gasteiger partial charge in [0, 0.05) is 27.2 Å². The van der Waals surface area contributed by atoms with Crippen molar-refractivity contribution in [2.75, 3.05) is 27.2 Å². The molecule has 0 amide bonds. The third-order valence-electron chi connectivity index (χ3n) is 2.47. The Balaban J connectivity index is 0. The summed E-state index contributed by atoms with van der Waals surface area (Å²) in [5.41, 5.74) is -0.171. The van der Waals surface area contributed by atoms with Crippen molar-refractivity contribution in [2.24, 2.45) is 10.9 Å². The fraction of sp³-hybridized carbons (Fsp3) is 0.917. The molecule has 0 aromatic carbocycles. The first kappa shape index (κ1) is 19.3. The number of aliphatic imine (C=N–C) groups is 1. The highest BCUT2D eigenvalue weighted by atomic mass is 127. The maximum atomic E-state index is 5.33. The van der Waals surface area contributed by atoms with Crippen molar-refractivity contribution in [1.29, 1.82) is 0 Å². The number of ether oxygens (including phenoxy) is 1. The molecular weight excluding hydrogens is 329 g/mol. The lowest BCUT2D eigenvalue weighted by molar-refractivity contribution is 0.0268. The Hall–Kier alpha value is -0.0400. The average molecular weight is 357 g/mol. The normalized spacial score (nSPS) is 12.3. The van der Waals surface area contributed by atoms with Crippen molar-refractivity contribution in [2.45, 2.75) is 39.7 Å². The van der Waals surface area contributed by atoms with E-state index in [-0.39, 0.29) is 29.6 Å². The maximum absolute atomic E-state index is 5.33. The van der Waals surface area contributed by atoms with Crippen LogP contribution < -0.4 is 10.6 Å². The molecule has 0 fully saturated rings. The van der Waals surface area contributed by atoms with E-state index >= 15 is 0 Å². The summed E-state index contributed by atoms with van der Waals surface area (Å²) >= 11 is 0. The summed E-state index contributed by atoms with van der Waals surface area (Å²) in [6, 6.07) is 0. The van der Waals surface area contributed by atoms with Gasteiger partial charge in [0.05, 0.1) is 5.60 Å². The quantitative estimate of drug-likeness (QED) is 0.435. The number of nitrogens with one attached hydrogen (secondary N) is 2. The van der Waals surface area contributed by atoms with Crippen molar-refractivity contribution in [3.05, 3.63) is 0 Å². The van der Waals surface area contributed by atoms with E-state index in [9.17, 15) is 0 Å². The van der Waals surface area contributed by atoms with Gasteiger partial charge in [0.2, 0.25) is 0 Å². The number of hydrogen-bond donors (Lipinski definition) is 2. The number of hydrogen-bond acceptors (Lipinski definition) is 2. The number of nitrogens with zero attached hydrogens (tertiary/aromatic N) is 1. The van der Waals surface area contributed by atoms with Crippen LogP contribution in [0.3, 0.4) is 0 Å². The molecule has 0 heterocycles. The molecular formula is C12H28IN3O. The molecule has 17 heavy (non-hydrogen) atoms. The first-order chi connectivity index (χ1) is 7.41. The van der Waals surface area contributed by atoms with Crippen LogP contribution in [0, 0.1) is 5.92 Å². The summed E-state index contributed by atoms with van der Waals surface area (Å²) in [5, 5.41) is 6.53. The molecule has 0 saturated heterocycles. The molecule has 2 N–H and O–H groups in total. The van der Waals surface area contributed by atoms with Gasteiger partial charge in [-0.25, -0.2) is 0 Å². The molecule has 0 atom stereocenters. The summed E-state index contributed by atoms with van der Waals surface area (Å²) in [6.07, 6.45) is 1.15. The van der Waals surface area contributed by atoms with Gasteiger partial charge in [-0.3, -0.25) is 4.99 Å². The lowest BCUT2D eigenvalue weighted by atomic mass is 10.1. The van der Waals surface area contributed by atoms with E-state index in [1.165, 1.54) is 0 Å². The van der Waals surface area contributed by atoms with Crippen molar-refractivity contribution in [3.8, 4) is 0 Å². The van der Waals surface area contributed by atoms with Gasteiger partial charge in [-0.05, 0) is 26.2 Å². The second-order valence-corrected chi connectivity index (χ2v) is 5.00. The van der Waals surface area contributed by atoms with Crippen LogP contribution >= 0.6 is 24.0 Å². The Morgan fingerprint density at radius 3 is 2.29 bits per heavy atom. The molecule has 0 unspecified atom stereocenters. The molecule has 0 bridgehead atoms. The van der Waals surface area contributed by atoms with Gasteiger partial charge in [0.25, 0.3) is 0 Å². The summed E-state index contributed by atoms with van der Waals surface area (Å²) in [6.45, 7) is 10.2. The molecule has 0 aromatic rings. The number of methoxy groups -OCH3 is 1. The summed E-state index contributed by atoms with van der Waals surface area (Å²) < 4.78 is 5.33. The lowest BCUT2D eigenvalue weighted by Crippen LogP contribution is -2.45. The summed E-state index contributed by atoms with van der Waals surface area (Å²) in [5.74, 6) is 1.55. The van der Waals surface area contributed by atoms with Crippen LogP contribution in [-0.2, 0) is 4.74 Å². The summed E-state index contributed by atoms with van der Waals surface area (Å²) in [4.78, 5) is 4.16. The minimum absolute atomic E-state index is 0. The third kappa shape index (κ3) is 10.8. The van der Waals surface area contributed by atoms with E-state index < -0.39 is 0 Å². The van der Waals surface area contributed by atoms with E-state index in [0.717, 1.165) is 25.5 Å². The molecule has 0 saturated carbocycles. The molecule has 0 aliphatic rings. The summed E-state index contributed by atoms with van der Waals surface area (Å²) in [7, 11) is 3.50. The topological polar surface area (TPSA) is 45.7 Å². The zero-order valence-electron chi connectivity index (χ0n) is 12.0. The number of halogens is 1. The third-order valence-corrected chi connectivity index (χ3v) is 2.47. The van der Waals surface area contributed by atoms with Crippen LogP contribution in [0.4, 0.5) is 0 Å². The van der Waals surface area contributed by atoms with E-state index in [4.69, 9.17) is 4.74 Å². The van der Waals surface area contributed by atoms with Crippen LogP contribution in [0.25, 0.3) is 0 Å². The van der Waals surface area contributed by atoms with Crippen LogP contribution in [0.15, 0.2) is 4.99 Å². The Bertz CT molecular complexity index is 218. The molecule has 0 aliphatic heterocycles. The highest BCUT2D eigenvalue weighted by Gasteiger charge is 2.16. The standard InChI is InChI=1S/C12H27N3O.HI/c1-10(2)7-8-14-11(13-5)15-9-12(3,4)16-6;/h10H,7-9H2,1-6H3,(H2,13,14,15);1H. The second kappa shape index (κ2) is 9.94. The predicted octanol–water partition coefficient (Wildman–Crippen LogP) is 2.24. The predicted molar refractivity (Wildman–Crippen MR) is 85.3 cm³/mol. The average Bonchev–Trinajstić information content (AvgIpc) is 2.22. The SMILES string of the molecule is CN=C(NCCC(C)C)NCC(C)(C)OC.I. The Kier molecular flexibility index (Phi) is 11.3. The zero-order chi connectivity index (χ0) is 12.6. The van der Waals surface area contributed by atoms with E-state index in [1.54, 1.807) is 14.2 Å². The molecule has 0 aliphatic carbocycles. The number of guanidine groups is 1. The first-order valence-corrected chi connectivity index (χ1v) is 5.91. The molecule has 0 rings (SSSR count). The fourth-order valence-electron chi connectivity index (χ4n) is 1.07. The van der Waals surface area contributed by atoms with Gasteiger partial charge in [-0.1, -0.05) is 13.8 Å². The monoisotopic (exact) mass is 357 g/mol. The van der Waals surface area contributed by atoms with E-state index in [1.807, 2.05) is 13.8 Å². The fourth-order valence-corrected chi connectivity index (χ4v) is 1.07. The maximum Gasteiger partial charge on any atom is 0.191 e. The van der Waals surface area contributed by atoms with Crippen LogP contribution in [-0.4, -0.2) is 38.8 Å². The Morgan fingerprint density at radius 1 is 1.29 bits per heavy atom. The molecule has 4 nitrogen and oxygen atoms in total. The number of rotatable bonds is 6. The van der Waals surface area contributed by atoms with Crippen LogP contribution in [0.1, 0.15) is 34.1 Å². The van der Waals surface area contributed by atoms with Gasteiger partial charge >= 0.3 is 0 Å². The van der Waals surface area contributed by atoms with Gasteiger partial charge in [-0.15, -0.1) is 24.0 Å². The molecule has 0 radical (unpaired) electrons. The van der Waals surface area contributed by atoms with Crippen LogP contribution in [0.2, 0.25) is 0 Å². The minimum atomic E-state index is -0.171. The first-order valence-electron chi connectivity index (χ1n) is 5.91. The second-order valence-electron chi connectivity index (χ2n) is 5.00. The van der Waals surface area contributed by atoms with Gasteiger partial charge in [-0.2, -0.15) is 0 Å². The van der Waals surface area contributed by atoms with Gasteiger partial charge in [0.1, 0.15) is 0 Å². The lowest BCUT2D eigenvalue weighted by Gasteiger charge is -2.24. The molecule has 5 heteroatoms. The van der Waals surface area contributed by atoms with Crippen LogP contribution in [0.5, 0.6) is 0 Å². The smallest absolute Gasteiger partial charge is 0.191 e. The van der Waals surface area contributed by atoms with Gasteiger partial charge in [0.15, 0.2) is 5.96 Å². The zero-order valence-corrected chi connectivity index (χ0v) is 14.3. The molecule has 0 aromatic heterocycles. The molecule has 104 valence electrons. The van der Waals surface area contributed by atoms with E-state index in [0.29, 0.717) is 5.92 Å².